The van der Waals surface area contributed by atoms with Crippen molar-refractivity contribution in [3.63, 3.8) is 0 Å². The van der Waals surface area contributed by atoms with E-state index >= 15 is 0 Å². The molecule has 138 valence electrons. The van der Waals surface area contributed by atoms with Crippen LogP contribution >= 0.6 is 11.6 Å². The predicted octanol–water partition coefficient (Wildman–Crippen LogP) is 4.21. The third kappa shape index (κ3) is 4.99. The molecule has 1 saturated carbocycles. The zero-order chi connectivity index (χ0) is 18.5. The van der Waals surface area contributed by atoms with Crippen LogP contribution in [0.4, 0.5) is 5.69 Å². The summed E-state index contributed by atoms with van der Waals surface area (Å²) < 4.78 is 5.32. The van der Waals surface area contributed by atoms with Gasteiger partial charge in [0.1, 0.15) is 5.75 Å². The SMILES string of the molecule is COc1cc(Cl)c(C)cc1NC(=O)CN[C@H](Cc1ccccc1)C1CC1. The van der Waals surface area contributed by atoms with Crippen molar-refractivity contribution >= 4 is 23.2 Å². The largest absolute Gasteiger partial charge is 0.495 e. The van der Waals surface area contributed by atoms with Crippen molar-refractivity contribution in [3.8, 4) is 5.75 Å². The molecule has 0 unspecified atom stereocenters. The van der Waals surface area contributed by atoms with E-state index in [4.69, 9.17) is 16.3 Å². The quantitative estimate of drug-likeness (QED) is 0.729. The number of amides is 1. The molecule has 0 bridgehead atoms. The molecular weight excluding hydrogens is 348 g/mol. The van der Waals surface area contributed by atoms with Crippen LogP contribution in [0.5, 0.6) is 5.75 Å². The smallest absolute Gasteiger partial charge is 0.238 e. The molecule has 0 heterocycles. The standard InChI is InChI=1S/C21H25ClN2O2/c1-14-10-19(20(26-2)12-17(14)22)24-21(25)13-23-18(16-8-9-16)11-15-6-4-3-5-7-15/h3-7,10,12,16,18,23H,8-9,11,13H2,1-2H3,(H,24,25)/t18-/m1/s1. The highest BCUT2D eigenvalue weighted by Crippen LogP contribution is 2.34. The summed E-state index contributed by atoms with van der Waals surface area (Å²) in [7, 11) is 1.57. The number of ether oxygens (including phenoxy) is 1. The Labute approximate surface area is 159 Å². The van der Waals surface area contributed by atoms with Gasteiger partial charge in [-0.3, -0.25) is 4.79 Å². The fourth-order valence-electron chi connectivity index (χ4n) is 3.12. The van der Waals surface area contributed by atoms with Gasteiger partial charge < -0.3 is 15.4 Å². The van der Waals surface area contributed by atoms with Gasteiger partial charge in [0.05, 0.1) is 19.3 Å². The van der Waals surface area contributed by atoms with E-state index < -0.39 is 0 Å². The lowest BCUT2D eigenvalue weighted by atomic mass is 10.0. The minimum atomic E-state index is -0.0799. The maximum Gasteiger partial charge on any atom is 0.238 e. The summed E-state index contributed by atoms with van der Waals surface area (Å²) in [6.45, 7) is 2.18. The number of hydrogen-bond acceptors (Lipinski definition) is 3. The third-order valence-electron chi connectivity index (χ3n) is 4.77. The predicted molar refractivity (Wildman–Crippen MR) is 106 cm³/mol. The van der Waals surface area contributed by atoms with E-state index in [0.717, 1.165) is 12.0 Å². The van der Waals surface area contributed by atoms with E-state index in [-0.39, 0.29) is 12.5 Å². The summed E-state index contributed by atoms with van der Waals surface area (Å²) >= 11 is 6.12. The molecule has 2 aromatic rings. The van der Waals surface area contributed by atoms with Gasteiger partial charge >= 0.3 is 0 Å². The van der Waals surface area contributed by atoms with Crippen LogP contribution in [-0.2, 0) is 11.2 Å². The highest BCUT2D eigenvalue weighted by Gasteiger charge is 2.31. The van der Waals surface area contributed by atoms with E-state index in [1.807, 2.05) is 19.1 Å². The van der Waals surface area contributed by atoms with E-state index in [9.17, 15) is 4.79 Å². The molecule has 1 amide bonds. The Balaban J connectivity index is 1.58. The molecule has 1 aliphatic rings. The number of anilines is 1. The maximum absolute atomic E-state index is 12.4. The number of hydrogen-bond donors (Lipinski definition) is 2. The summed E-state index contributed by atoms with van der Waals surface area (Å²) in [4.78, 5) is 12.4. The first-order valence-corrected chi connectivity index (χ1v) is 9.36. The molecule has 4 nitrogen and oxygen atoms in total. The first kappa shape index (κ1) is 18.7. The highest BCUT2D eigenvalue weighted by molar-refractivity contribution is 6.31. The Kier molecular flexibility index (Phi) is 6.17. The lowest BCUT2D eigenvalue weighted by Crippen LogP contribution is -2.39. The van der Waals surface area contributed by atoms with Gasteiger partial charge in [-0.05, 0) is 49.3 Å². The molecule has 0 aromatic heterocycles. The number of nitrogens with one attached hydrogen (secondary N) is 2. The van der Waals surface area contributed by atoms with Crippen LogP contribution in [0.3, 0.4) is 0 Å². The fourth-order valence-corrected chi connectivity index (χ4v) is 3.27. The molecule has 3 rings (SSSR count). The zero-order valence-corrected chi connectivity index (χ0v) is 16.0. The topological polar surface area (TPSA) is 50.4 Å². The summed E-state index contributed by atoms with van der Waals surface area (Å²) in [6, 6.07) is 14.3. The summed E-state index contributed by atoms with van der Waals surface area (Å²) in [5.41, 5.74) is 2.84. The summed E-state index contributed by atoms with van der Waals surface area (Å²) in [5, 5.41) is 6.98. The average Bonchev–Trinajstić information content (AvgIpc) is 3.47. The fraction of sp³-hybridized carbons (Fsp3) is 0.381. The van der Waals surface area contributed by atoms with Crippen LogP contribution in [0.1, 0.15) is 24.0 Å². The molecule has 0 radical (unpaired) electrons. The molecule has 1 atom stereocenters. The Hall–Kier alpha value is -2.04. The molecule has 1 fully saturated rings. The normalized spacial score (nSPS) is 14.7. The second-order valence-corrected chi connectivity index (χ2v) is 7.27. The molecular formula is C21H25ClN2O2. The van der Waals surface area contributed by atoms with Crippen LogP contribution in [0.15, 0.2) is 42.5 Å². The van der Waals surface area contributed by atoms with Gasteiger partial charge in [0.2, 0.25) is 5.91 Å². The van der Waals surface area contributed by atoms with Gasteiger partial charge in [0, 0.05) is 17.1 Å². The lowest BCUT2D eigenvalue weighted by molar-refractivity contribution is -0.115. The minimum Gasteiger partial charge on any atom is -0.495 e. The van der Waals surface area contributed by atoms with Crippen molar-refractivity contribution in [2.24, 2.45) is 5.92 Å². The van der Waals surface area contributed by atoms with Crippen LogP contribution < -0.4 is 15.4 Å². The average molecular weight is 373 g/mol. The second kappa shape index (κ2) is 8.56. The Morgan fingerprint density at radius 1 is 1.27 bits per heavy atom. The lowest BCUT2D eigenvalue weighted by Gasteiger charge is -2.19. The number of benzene rings is 2. The molecule has 1 aliphatic carbocycles. The van der Waals surface area contributed by atoms with Gasteiger partial charge in [0.15, 0.2) is 0 Å². The van der Waals surface area contributed by atoms with Crippen molar-refractivity contribution in [3.05, 3.63) is 58.6 Å². The van der Waals surface area contributed by atoms with Crippen molar-refractivity contribution in [2.45, 2.75) is 32.2 Å². The highest BCUT2D eigenvalue weighted by atomic mass is 35.5. The van der Waals surface area contributed by atoms with Crippen LogP contribution in [0, 0.1) is 12.8 Å². The monoisotopic (exact) mass is 372 g/mol. The Morgan fingerprint density at radius 3 is 2.65 bits per heavy atom. The summed E-state index contributed by atoms with van der Waals surface area (Å²) in [5.74, 6) is 1.15. The first-order chi connectivity index (χ1) is 12.6. The van der Waals surface area contributed by atoms with Gasteiger partial charge in [-0.1, -0.05) is 41.9 Å². The van der Waals surface area contributed by atoms with Crippen molar-refractivity contribution in [2.75, 3.05) is 19.0 Å². The van der Waals surface area contributed by atoms with Crippen LogP contribution in [-0.4, -0.2) is 25.6 Å². The maximum atomic E-state index is 12.4. The van der Waals surface area contributed by atoms with Crippen LogP contribution in [0.25, 0.3) is 0 Å². The number of methoxy groups -OCH3 is 1. The third-order valence-corrected chi connectivity index (χ3v) is 5.18. The Bertz CT molecular complexity index is 760. The number of rotatable bonds is 8. The van der Waals surface area contributed by atoms with Gasteiger partial charge in [0.25, 0.3) is 0 Å². The van der Waals surface area contributed by atoms with E-state index in [1.165, 1.54) is 18.4 Å². The molecule has 5 heteroatoms. The van der Waals surface area contributed by atoms with Crippen molar-refractivity contribution in [1.29, 1.82) is 0 Å². The van der Waals surface area contributed by atoms with Crippen molar-refractivity contribution < 1.29 is 9.53 Å². The zero-order valence-electron chi connectivity index (χ0n) is 15.2. The molecule has 0 saturated heterocycles. The minimum absolute atomic E-state index is 0.0799. The summed E-state index contributed by atoms with van der Waals surface area (Å²) in [6.07, 6.45) is 3.41. The van der Waals surface area contributed by atoms with E-state index in [0.29, 0.717) is 28.4 Å². The number of carbonyl (C=O) groups is 1. The molecule has 2 aromatic carbocycles. The van der Waals surface area contributed by atoms with Crippen molar-refractivity contribution in [1.82, 2.24) is 5.32 Å². The first-order valence-electron chi connectivity index (χ1n) is 8.98. The van der Waals surface area contributed by atoms with E-state index in [1.54, 1.807) is 13.2 Å². The number of carbonyl (C=O) groups excluding carboxylic acids is 1. The molecule has 0 aliphatic heterocycles. The van der Waals surface area contributed by atoms with Gasteiger partial charge in [-0.2, -0.15) is 0 Å². The van der Waals surface area contributed by atoms with E-state index in [2.05, 4.69) is 34.9 Å². The Morgan fingerprint density at radius 2 is 2.00 bits per heavy atom. The number of aryl methyl sites for hydroxylation is 1. The number of halogens is 1. The molecule has 0 spiro atoms. The second-order valence-electron chi connectivity index (χ2n) is 6.86. The van der Waals surface area contributed by atoms with Gasteiger partial charge in [-0.25, -0.2) is 0 Å². The van der Waals surface area contributed by atoms with Gasteiger partial charge in [-0.15, -0.1) is 0 Å². The molecule has 26 heavy (non-hydrogen) atoms. The molecule has 2 N–H and O–H groups in total. The van der Waals surface area contributed by atoms with Crippen LogP contribution in [0.2, 0.25) is 5.02 Å².